The second-order valence-corrected chi connectivity index (χ2v) is 13.6. The Morgan fingerprint density at radius 2 is 1.86 bits per heavy atom. The maximum atomic E-state index is 14.7. The Morgan fingerprint density at radius 3 is 2.35 bits per heavy atom. The minimum atomic E-state index is -2.35. The molecule has 0 saturated carbocycles. The summed E-state index contributed by atoms with van der Waals surface area (Å²) in [6.07, 6.45) is 2.51. The molecule has 0 aromatic carbocycles. The van der Waals surface area contributed by atoms with E-state index >= 15 is 0 Å². The Balaban J connectivity index is 2.66. The molecular weight excluding hydrogens is 572 g/mol. The van der Waals surface area contributed by atoms with Crippen LogP contribution in [-0.4, -0.2) is 99.9 Å². The number of ketones is 3. The van der Waals surface area contributed by atoms with Crippen LogP contribution in [0.3, 0.4) is 0 Å². The van der Waals surface area contributed by atoms with Gasteiger partial charge < -0.3 is 37.0 Å². The third kappa shape index (κ3) is 7.22. The van der Waals surface area contributed by atoms with Gasteiger partial charge in [0.1, 0.15) is 10.6 Å². The lowest BCUT2D eigenvalue weighted by Crippen LogP contribution is -2.74. The van der Waals surface area contributed by atoms with Gasteiger partial charge in [-0.2, -0.15) is 0 Å². The summed E-state index contributed by atoms with van der Waals surface area (Å²) in [5.74, 6) is -5.14. The minimum Gasteiger partial charge on any atom is -0.369 e. The van der Waals surface area contributed by atoms with Crippen molar-refractivity contribution in [1.29, 1.82) is 5.41 Å². The van der Waals surface area contributed by atoms with Crippen LogP contribution in [0.1, 0.15) is 54.4 Å². The first-order chi connectivity index (χ1) is 20.0. The summed E-state index contributed by atoms with van der Waals surface area (Å²) in [5, 5.41) is 7.95. The number of Topliss-reactive ketones (excluding diaryl/α,β-unsaturated/α-hetero) is 3. The summed E-state index contributed by atoms with van der Waals surface area (Å²) in [6, 6.07) is -2.39. The van der Waals surface area contributed by atoms with Gasteiger partial charge in [0.05, 0.1) is 30.4 Å². The summed E-state index contributed by atoms with van der Waals surface area (Å²) >= 11 is 1.34. The fraction of sp³-hybridized carbons (Fsp3) is 0.700. The first-order valence-corrected chi connectivity index (χ1v) is 15.6. The molecule has 13 heteroatoms. The van der Waals surface area contributed by atoms with Gasteiger partial charge in [-0.3, -0.25) is 24.2 Å². The van der Waals surface area contributed by atoms with Crippen molar-refractivity contribution in [2.75, 3.05) is 25.4 Å². The van der Waals surface area contributed by atoms with Gasteiger partial charge in [-0.1, -0.05) is 33.8 Å². The van der Waals surface area contributed by atoms with Gasteiger partial charge in [0.2, 0.25) is 5.91 Å². The predicted molar refractivity (Wildman–Crippen MR) is 168 cm³/mol. The molecule has 1 fully saturated rings. The molecule has 0 spiro atoms. The molecule has 1 amide bonds. The van der Waals surface area contributed by atoms with E-state index in [2.05, 4.69) is 11.6 Å². The van der Waals surface area contributed by atoms with E-state index in [1.165, 1.54) is 17.8 Å². The third-order valence-corrected chi connectivity index (χ3v) is 9.80. The standard InChI is InChI=1S/C30H48N6O6S/c1-8-28(6,7)42-15-21(32)25(40)29(16-37)20(22(38)14-31)9-11-36(29)27(41)30(34,23(33)13-17(2)3)19(5)18(4)24(39)26-35-10-12-43-26/h8,14,16-21,23,31H,1,9-13,15,32-34H2,2-7H3. The van der Waals surface area contributed by atoms with E-state index in [1.54, 1.807) is 27.7 Å². The highest BCUT2D eigenvalue weighted by molar-refractivity contribution is 8.16. The van der Waals surface area contributed by atoms with Gasteiger partial charge in [-0.25, -0.2) is 0 Å². The average molecular weight is 621 g/mol. The molecule has 2 aliphatic rings. The molecule has 240 valence electrons. The van der Waals surface area contributed by atoms with Crippen LogP contribution in [0.2, 0.25) is 0 Å². The van der Waals surface area contributed by atoms with Crippen molar-refractivity contribution >= 4 is 52.6 Å². The fourth-order valence-electron chi connectivity index (χ4n) is 5.77. The largest absolute Gasteiger partial charge is 0.369 e. The number of nitrogens with two attached hydrogens (primary N) is 3. The van der Waals surface area contributed by atoms with E-state index in [0.717, 1.165) is 4.90 Å². The number of nitrogens with zero attached hydrogens (tertiary/aromatic N) is 2. The molecule has 2 rings (SSSR count). The average Bonchev–Trinajstić information content (AvgIpc) is 3.65. The lowest BCUT2D eigenvalue weighted by molar-refractivity contribution is -0.157. The topological polar surface area (TPSA) is 212 Å². The van der Waals surface area contributed by atoms with Crippen molar-refractivity contribution in [3.8, 4) is 0 Å². The number of thioether (sulfide) groups is 1. The second-order valence-electron chi connectivity index (χ2n) is 12.5. The normalized spacial score (nSPS) is 24.8. The summed E-state index contributed by atoms with van der Waals surface area (Å²) in [6.45, 7) is 14.2. The van der Waals surface area contributed by atoms with Crippen molar-refractivity contribution in [3.63, 3.8) is 0 Å². The minimum absolute atomic E-state index is 0.0146. The molecule has 7 N–H and O–H groups in total. The zero-order valence-corrected chi connectivity index (χ0v) is 26.9. The number of aliphatic imine (C=N–C) groups is 1. The molecule has 0 aliphatic carbocycles. The number of hydrogen-bond acceptors (Lipinski definition) is 12. The highest BCUT2D eigenvalue weighted by Crippen LogP contribution is 2.40. The number of hydrogen-bond donors (Lipinski definition) is 4. The van der Waals surface area contributed by atoms with E-state index in [-0.39, 0.29) is 37.6 Å². The van der Waals surface area contributed by atoms with Gasteiger partial charge in [0.15, 0.2) is 29.2 Å². The predicted octanol–water partition coefficient (Wildman–Crippen LogP) is 0.926. The number of likely N-dealkylation sites (tertiary alicyclic amines) is 1. The van der Waals surface area contributed by atoms with E-state index in [0.29, 0.717) is 30.0 Å². The second kappa shape index (κ2) is 14.5. The molecule has 0 radical (unpaired) electrons. The van der Waals surface area contributed by atoms with Gasteiger partial charge in [-0.05, 0) is 38.5 Å². The Morgan fingerprint density at radius 1 is 1.23 bits per heavy atom. The van der Waals surface area contributed by atoms with Gasteiger partial charge in [-0.15, -0.1) is 18.3 Å². The number of nitrogens with one attached hydrogen (secondary N) is 1. The molecule has 43 heavy (non-hydrogen) atoms. The van der Waals surface area contributed by atoms with Crippen molar-refractivity contribution in [1.82, 2.24) is 4.90 Å². The zero-order valence-electron chi connectivity index (χ0n) is 26.1. The van der Waals surface area contributed by atoms with Gasteiger partial charge >= 0.3 is 0 Å². The number of carbonyl (C=O) groups excluding carboxylic acids is 5. The van der Waals surface area contributed by atoms with Crippen LogP contribution in [0.5, 0.6) is 0 Å². The zero-order chi connectivity index (χ0) is 32.9. The molecule has 0 aromatic rings. The molecule has 0 bridgehead atoms. The molecule has 7 unspecified atom stereocenters. The van der Waals surface area contributed by atoms with Crippen molar-refractivity contribution in [2.24, 2.45) is 45.9 Å². The van der Waals surface area contributed by atoms with Crippen LogP contribution in [0.25, 0.3) is 0 Å². The molecule has 12 nitrogen and oxygen atoms in total. The van der Waals surface area contributed by atoms with Crippen molar-refractivity contribution in [3.05, 3.63) is 12.7 Å². The Hall–Kier alpha value is -2.58. The molecule has 1 saturated heterocycles. The van der Waals surface area contributed by atoms with Crippen LogP contribution in [0, 0.1) is 29.1 Å². The van der Waals surface area contributed by atoms with Gasteiger partial charge in [0.25, 0.3) is 0 Å². The van der Waals surface area contributed by atoms with E-state index in [9.17, 15) is 24.0 Å². The quantitative estimate of drug-likeness (QED) is 0.0781. The number of aldehydes is 1. The van der Waals surface area contributed by atoms with Crippen LogP contribution < -0.4 is 17.2 Å². The third-order valence-electron chi connectivity index (χ3n) is 8.81. The highest BCUT2D eigenvalue weighted by Gasteiger charge is 2.63. The van der Waals surface area contributed by atoms with E-state index in [4.69, 9.17) is 27.3 Å². The Kier molecular flexibility index (Phi) is 12.3. The Labute approximate surface area is 258 Å². The van der Waals surface area contributed by atoms with Gasteiger partial charge in [0, 0.05) is 30.8 Å². The molecular formula is C30H48N6O6S. The summed E-state index contributed by atoms with van der Waals surface area (Å²) < 4.78 is 5.71. The maximum Gasteiger partial charge on any atom is 0.245 e. The monoisotopic (exact) mass is 620 g/mol. The van der Waals surface area contributed by atoms with Crippen LogP contribution >= 0.6 is 11.8 Å². The number of carbonyl (C=O) groups is 5. The number of rotatable bonds is 17. The summed E-state index contributed by atoms with van der Waals surface area (Å²) in [4.78, 5) is 73.4. The molecule has 0 aromatic heterocycles. The van der Waals surface area contributed by atoms with Crippen molar-refractivity contribution < 1.29 is 28.7 Å². The first-order valence-electron chi connectivity index (χ1n) is 14.6. The molecule has 2 heterocycles. The summed E-state index contributed by atoms with van der Waals surface area (Å²) in [7, 11) is 0. The summed E-state index contributed by atoms with van der Waals surface area (Å²) in [5.41, 5.74) is 14.8. The smallest absolute Gasteiger partial charge is 0.245 e. The maximum absolute atomic E-state index is 14.7. The lowest BCUT2D eigenvalue weighted by atomic mass is 9.69. The van der Waals surface area contributed by atoms with E-state index in [1.807, 2.05) is 13.8 Å². The van der Waals surface area contributed by atoms with E-state index < -0.39 is 64.0 Å². The molecule has 2 aliphatic heterocycles. The van der Waals surface area contributed by atoms with Crippen LogP contribution in [0.15, 0.2) is 17.6 Å². The van der Waals surface area contributed by atoms with Crippen LogP contribution in [0.4, 0.5) is 0 Å². The number of amides is 1. The highest BCUT2D eigenvalue weighted by atomic mass is 32.2. The molecule has 7 atom stereocenters. The SMILES string of the molecule is C=CC(C)(C)OCC(N)C(=O)C1(C=O)C(C(=O)C=N)CCN1C(=O)C(N)(C(N)CC(C)C)C(C)C(C)C(=O)C1=NCCS1. The fourth-order valence-corrected chi connectivity index (χ4v) is 6.66. The number of ether oxygens (including phenoxy) is 1. The van der Waals surface area contributed by atoms with Crippen molar-refractivity contribution in [2.45, 2.75) is 83.1 Å². The van der Waals surface area contributed by atoms with Crippen LogP contribution in [-0.2, 0) is 28.7 Å². The Bertz CT molecular complexity index is 1160. The first kappa shape index (κ1) is 36.6. The lowest BCUT2D eigenvalue weighted by Gasteiger charge is -2.47.